The summed E-state index contributed by atoms with van der Waals surface area (Å²) >= 11 is 0. The maximum atomic E-state index is 12.6. The Morgan fingerprint density at radius 1 is 1.22 bits per heavy atom. The molecule has 0 unspecified atom stereocenters. The van der Waals surface area contributed by atoms with Gasteiger partial charge in [-0.15, -0.1) is 5.10 Å². The number of nitrogens with zero attached hydrogens (tertiary/aromatic N) is 5. The summed E-state index contributed by atoms with van der Waals surface area (Å²) in [6.07, 6.45) is 4.11. The van der Waals surface area contributed by atoms with Crippen LogP contribution in [0.4, 0.5) is 0 Å². The number of carbonyl (C=O) groups is 1. The van der Waals surface area contributed by atoms with Crippen LogP contribution in [-0.2, 0) is 6.54 Å². The van der Waals surface area contributed by atoms with Gasteiger partial charge in [-0.1, -0.05) is 12.1 Å². The fourth-order valence-electron chi connectivity index (χ4n) is 3.42. The number of rotatable bonds is 4. The molecule has 2 N–H and O–H groups in total. The van der Waals surface area contributed by atoms with Gasteiger partial charge in [-0.25, -0.2) is 4.68 Å². The molecule has 7 nitrogen and oxygen atoms in total. The summed E-state index contributed by atoms with van der Waals surface area (Å²) in [7, 11) is 0. The third-order valence-corrected chi connectivity index (χ3v) is 4.86. The molecule has 1 amide bonds. The lowest BCUT2D eigenvalue weighted by Gasteiger charge is -2.16. The van der Waals surface area contributed by atoms with Crippen molar-refractivity contribution in [2.45, 2.75) is 25.4 Å². The van der Waals surface area contributed by atoms with Crippen molar-refractivity contribution in [3.8, 4) is 0 Å². The summed E-state index contributed by atoms with van der Waals surface area (Å²) in [4.78, 5) is 14.5. The van der Waals surface area contributed by atoms with Crippen LogP contribution in [0.5, 0.6) is 0 Å². The molecule has 0 radical (unpaired) electrons. The zero-order valence-electron chi connectivity index (χ0n) is 12.9. The molecule has 0 bridgehead atoms. The van der Waals surface area contributed by atoms with Crippen LogP contribution in [0.15, 0.2) is 30.6 Å². The Kier molecular flexibility index (Phi) is 3.57. The number of tetrazole rings is 1. The number of nitrogens with two attached hydrogens (primary N) is 1. The summed E-state index contributed by atoms with van der Waals surface area (Å²) in [6.45, 7) is 2.07. The average Bonchev–Trinajstić information content (AvgIpc) is 3.13. The Hall–Kier alpha value is -2.28. The van der Waals surface area contributed by atoms with Gasteiger partial charge in [0.15, 0.2) is 0 Å². The standard InChI is InChI=1S/C16H20N6O/c17-15-9-21(8-14(15)12-5-6-12)16(23)13-3-1-11(2-4-13)7-22-10-18-19-20-22/h1-4,10,12,14-15H,5-9,17H2/t14-,15+/m1/s1. The highest BCUT2D eigenvalue weighted by molar-refractivity contribution is 5.94. The van der Waals surface area contributed by atoms with Crippen LogP contribution in [0, 0.1) is 11.8 Å². The van der Waals surface area contributed by atoms with Gasteiger partial charge in [0.25, 0.3) is 5.91 Å². The van der Waals surface area contributed by atoms with E-state index in [2.05, 4.69) is 15.5 Å². The smallest absolute Gasteiger partial charge is 0.253 e. The summed E-state index contributed by atoms with van der Waals surface area (Å²) in [5.41, 5.74) is 7.99. The summed E-state index contributed by atoms with van der Waals surface area (Å²) < 4.78 is 1.65. The van der Waals surface area contributed by atoms with Crippen molar-refractivity contribution in [2.75, 3.05) is 13.1 Å². The van der Waals surface area contributed by atoms with Crippen LogP contribution in [0.2, 0.25) is 0 Å². The second-order valence-electron chi connectivity index (χ2n) is 6.58. The molecule has 1 aromatic heterocycles. The van der Waals surface area contributed by atoms with Crippen LogP contribution in [-0.4, -0.2) is 50.1 Å². The lowest BCUT2D eigenvalue weighted by atomic mass is 9.99. The van der Waals surface area contributed by atoms with Crippen LogP contribution in [0.25, 0.3) is 0 Å². The van der Waals surface area contributed by atoms with Gasteiger partial charge in [0.05, 0.1) is 6.54 Å². The van der Waals surface area contributed by atoms with Crippen molar-refractivity contribution in [3.05, 3.63) is 41.7 Å². The Morgan fingerprint density at radius 2 is 2.00 bits per heavy atom. The first-order valence-electron chi connectivity index (χ1n) is 8.05. The fraction of sp³-hybridized carbons (Fsp3) is 0.500. The van der Waals surface area contributed by atoms with Gasteiger partial charge in [0.1, 0.15) is 6.33 Å². The van der Waals surface area contributed by atoms with Crippen molar-refractivity contribution < 1.29 is 4.79 Å². The molecule has 1 aromatic carbocycles. The van der Waals surface area contributed by atoms with Crippen molar-refractivity contribution in [1.29, 1.82) is 0 Å². The monoisotopic (exact) mass is 312 g/mol. The molecule has 1 saturated heterocycles. The van der Waals surface area contributed by atoms with E-state index in [1.165, 1.54) is 12.8 Å². The SMILES string of the molecule is N[C@H]1CN(C(=O)c2ccc(Cn3cnnn3)cc2)C[C@@H]1C1CC1. The molecule has 2 aromatic rings. The van der Waals surface area contributed by atoms with Gasteiger partial charge in [-0.05, 0) is 52.8 Å². The van der Waals surface area contributed by atoms with Gasteiger partial charge in [0.2, 0.25) is 0 Å². The molecule has 2 aliphatic rings. The third-order valence-electron chi connectivity index (χ3n) is 4.86. The number of amides is 1. The first-order valence-corrected chi connectivity index (χ1v) is 8.05. The molecule has 2 atom stereocenters. The maximum absolute atomic E-state index is 12.6. The van der Waals surface area contributed by atoms with E-state index < -0.39 is 0 Å². The van der Waals surface area contributed by atoms with Crippen molar-refractivity contribution in [3.63, 3.8) is 0 Å². The Balaban J connectivity index is 1.42. The summed E-state index contributed by atoms with van der Waals surface area (Å²) in [5.74, 6) is 1.30. The van der Waals surface area contributed by atoms with Gasteiger partial charge in [-0.2, -0.15) is 0 Å². The van der Waals surface area contributed by atoms with Crippen LogP contribution >= 0.6 is 0 Å². The van der Waals surface area contributed by atoms with E-state index in [1.807, 2.05) is 29.2 Å². The zero-order chi connectivity index (χ0) is 15.8. The number of benzene rings is 1. The zero-order valence-corrected chi connectivity index (χ0v) is 12.9. The van der Waals surface area contributed by atoms with E-state index in [-0.39, 0.29) is 11.9 Å². The highest BCUT2D eigenvalue weighted by Crippen LogP contribution is 2.41. The minimum Gasteiger partial charge on any atom is -0.337 e. The van der Waals surface area contributed by atoms with Crippen LogP contribution < -0.4 is 5.73 Å². The fourth-order valence-corrected chi connectivity index (χ4v) is 3.42. The topological polar surface area (TPSA) is 89.9 Å². The lowest BCUT2D eigenvalue weighted by Crippen LogP contribution is -2.32. The Bertz CT molecular complexity index is 679. The number of hydrogen-bond donors (Lipinski definition) is 1. The predicted molar refractivity (Wildman–Crippen MR) is 83.5 cm³/mol. The molecule has 23 heavy (non-hydrogen) atoms. The van der Waals surface area contributed by atoms with E-state index in [4.69, 9.17) is 5.73 Å². The molecule has 1 saturated carbocycles. The van der Waals surface area contributed by atoms with Crippen molar-refractivity contribution in [2.24, 2.45) is 17.6 Å². The second kappa shape index (κ2) is 5.73. The van der Waals surface area contributed by atoms with E-state index in [1.54, 1.807) is 11.0 Å². The largest absolute Gasteiger partial charge is 0.337 e. The van der Waals surface area contributed by atoms with Gasteiger partial charge < -0.3 is 10.6 Å². The highest BCUT2D eigenvalue weighted by atomic mass is 16.2. The lowest BCUT2D eigenvalue weighted by molar-refractivity contribution is 0.0785. The molecule has 120 valence electrons. The molecule has 1 aliphatic heterocycles. The number of likely N-dealkylation sites (tertiary alicyclic amines) is 1. The molecule has 2 fully saturated rings. The normalized spacial score (nSPS) is 24.1. The quantitative estimate of drug-likeness (QED) is 0.889. The minimum absolute atomic E-state index is 0.0811. The Morgan fingerprint density at radius 3 is 2.65 bits per heavy atom. The van der Waals surface area contributed by atoms with E-state index in [0.717, 1.165) is 18.0 Å². The maximum Gasteiger partial charge on any atom is 0.253 e. The summed E-state index contributed by atoms with van der Waals surface area (Å²) in [6, 6.07) is 7.77. The number of carbonyl (C=O) groups excluding carboxylic acids is 1. The van der Waals surface area contributed by atoms with E-state index in [9.17, 15) is 4.79 Å². The Labute approximate surface area is 134 Å². The third kappa shape index (κ3) is 2.96. The van der Waals surface area contributed by atoms with E-state index >= 15 is 0 Å². The molecule has 0 spiro atoms. The van der Waals surface area contributed by atoms with Crippen LogP contribution in [0.3, 0.4) is 0 Å². The molecule has 2 heterocycles. The molecular weight excluding hydrogens is 292 g/mol. The second-order valence-corrected chi connectivity index (χ2v) is 6.58. The minimum atomic E-state index is 0.0811. The van der Waals surface area contributed by atoms with Gasteiger partial charge in [-0.3, -0.25) is 4.79 Å². The average molecular weight is 312 g/mol. The molecule has 1 aliphatic carbocycles. The van der Waals surface area contributed by atoms with Crippen molar-refractivity contribution >= 4 is 5.91 Å². The molecule has 4 rings (SSSR count). The number of aromatic nitrogens is 4. The van der Waals surface area contributed by atoms with Gasteiger partial charge in [0, 0.05) is 24.7 Å². The van der Waals surface area contributed by atoms with Gasteiger partial charge >= 0.3 is 0 Å². The number of hydrogen-bond acceptors (Lipinski definition) is 5. The highest BCUT2D eigenvalue weighted by Gasteiger charge is 2.42. The first-order chi connectivity index (χ1) is 11.2. The molecular formula is C16H20N6O. The van der Waals surface area contributed by atoms with E-state index in [0.29, 0.717) is 24.6 Å². The van der Waals surface area contributed by atoms with Crippen LogP contribution in [0.1, 0.15) is 28.8 Å². The first kappa shape index (κ1) is 14.3. The predicted octanol–water partition coefficient (Wildman–Crippen LogP) is 0.531. The van der Waals surface area contributed by atoms with Crippen molar-refractivity contribution in [1.82, 2.24) is 25.1 Å². The molecule has 7 heteroatoms. The summed E-state index contributed by atoms with van der Waals surface area (Å²) in [5, 5.41) is 11.1.